The Bertz CT molecular complexity index is 1270. The zero-order valence-corrected chi connectivity index (χ0v) is 21.9. The van der Waals surface area contributed by atoms with Gasteiger partial charge in [0.2, 0.25) is 11.9 Å². The van der Waals surface area contributed by atoms with Crippen molar-refractivity contribution < 1.29 is 14.0 Å². The molecule has 0 spiro atoms. The van der Waals surface area contributed by atoms with Crippen LogP contribution in [0.2, 0.25) is 5.02 Å². The highest BCUT2D eigenvalue weighted by Gasteiger charge is 2.31. The number of benzene rings is 2. The van der Waals surface area contributed by atoms with Crippen LogP contribution in [-0.4, -0.2) is 70.7 Å². The van der Waals surface area contributed by atoms with Crippen molar-refractivity contribution in [3.63, 3.8) is 0 Å². The molecular weight excluding hydrogens is 505 g/mol. The van der Waals surface area contributed by atoms with Crippen LogP contribution in [0.5, 0.6) is 0 Å². The molecule has 3 aromatic rings. The highest BCUT2D eigenvalue weighted by atomic mass is 35.5. The number of nitrogens with zero attached hydrogens (tertiary/aromatic N) is 4. The van der Waals surface area contributed by atoms with E-state index >= 15 is 0 Å². The van der Waals surface area contributed by atoms with Gasteiger partial charge in [-0.15, -0.1) is 0 Å². The fraction of sp³-hybridized carbons (Fsp3) is 0.379. The molecule has 1 aromatic heterocycles. The molecule has 0 bridgehead atoms. The van der Waals surface area contributed by atoms with Gasteiger partial charge in [-0.2, -0.15) is 0 Å². The van der Waals surface area contributed by atoms with E-state index in [1.807, 2.05) is 29.2 Å². The van der Waals surface area contributed by atoms with Crippen molar-refractivity contribution in [3.05, 3.63) is 65.6 Å². The number of carbonyl (C=O) groups excluding carboxylic acids is 2. The van der Waals surface area contributed by atoms with E-state index in [2.05, 4.69) is 15.2 Å². The lowest BCUT2D eigenvalue weighted by molar-refractivity contribution is -0.138. The Morgan fingerprint density at radius 1 is 1.00 bits per heavy atom. The molecule has 198 valence electrons. The van der Waals surface area contributed by atoms with Crippen molar-refractivity contribution in [1.29, 1.82) is 0 Å². The molecule has 2 saturated heterocycles. The van der Waals surface area contributed by atoms with Gasteiger partial charge >= 0.3 is 0 Å². The Hall–Kier alpha value is -3.36. The van der Waals surface area contributed by atoms with E-state index in [9.17, 15) is 14.0 Å². The van der Waals surface area contributed by atoms with Crippen molar-refractivity contribution >= 4 is 29.7 Å². The van der Waals surface area contributed by atoms with Crippen molar-refractivity contribution in [1.82, 2.24) is 19.8 Å². The van der Waals surface area contributed by atoms with Crippen LogP contribution in [0.15, 0.2) is 54.7 Å². The first-order chi connectivity index (χ1) is 18.5. The van der Waals surface area contributed by atoms with Crippen LogP contribution in [0.4, 0.5) is 10.3 Å². The number of halogens is 2. The molecule has 0 radical (unpaired) electrons. The minimum absolute atomic E-state index is 0.0511. The quantitative estimate of drug-likeness (QED) is 0.433. The summed E-state index contributed by atoms with van der Waals surface area (Å²) in [6.45, 7) is 3.45. The van der Waals surface area contributed by atoms with E-state index in [-0.39, 0.29) is 23.7 Å². The Labute approximate surface area is 227 Å². The normalized spacial score (nSPS) is 17.4. The average Bonchev–Trinajstić information content (AvgIpc) is 2.95. The van der Waals surface area contributed by atoms with Crippen molar-refractivity contribution in [3.8, 4) is 22.4 Å². The number of piperidine rings is 2. The summed E-state index contributed by atoms with van der Waals surface area (Å²) in [4.78, 5) is 36.9. The lowest BCUT2D eigenvalue weighted by atomic mass is 9.94. The minimum atomic E-state index is -0.272. The fourth-order valence-electron chi connectivity index (χ4n) is 5.28. The van der Waals surface area contributed by atoms with E-state index in [1.54, 1.807) is 18.3 Å². The van der Waals surface area contributed by atoms with Crippen LogP contribution in [0.1, 0.15) is 25.7 Å². The molecule has 38 heavy (non-hydrogen) atoms. The molecule has 2 aliphatic heterocycles. The average molecular weight is 536 g/mol. The summed E-state index contributed by atoms with van der Waals surface area (Å²) in [5, 5.41) is 3.88. The second-order valence-electron chi connectivity index (χ2n) is 9.96. The number of nitrogens with one attached hydrogen (secondary N) is 1. The summed E-state index contributed by atoms with van der Waals surface area (Å²) in [5.41, 5.74) is 3.33. The van der Waals surface area contributed by atoms with Gasteiger partial charge in [-0.1, -0.05) is 41.9 Å². The maximum absolute atomic E-state index is 13.3. The molecule has 0 atom stereocenters. The number of hydrogen-bond acceptors (Lipinski definition) is 6. The Balaban J connectivity index is 1.20. The molecule has 1 amide bonds. The zero-order chi connectivity index (χ0) is 26.5. The predicted molar refractivity (Wildman–Crippen MR) is 146 cm³/mol. The van der Waals surface area contributed by atoms with Crippen LogP contribution in [0.3, 0.4) is 0 Å². The summed E-state index contributed by atoms with van der Waals surface area (Å²) >= 11 is 6.48. The van der Waals surface area contributed by atoms with Crippen LogP contribution in [0, 0.1) is 11.7 Å². The third-order valence-corrected chi connectivity index (χ3v) is 7.74. The number of likely N-dealkylation sites (tertiary alicyclic amines) is 2. The van der Waals surface area contributed by atoms with E-state index < -0.39 is 0 Å². The van der Waals surface area contributed by atoms with Gasteiger partial charge in [0, 0.05) is 30.6 Å². The first kappa shape index (κ1) is 26.3. The molecular formula is C29H31ClFN5O2. The van der Waals surface area contributed by atoms with Crippen molar-refractivity contribution in [2.45, 2.75) is 31.7 Å². The molecule has 9 heteroatoms. The number of hydrogen-bond donors (Lipinski definition) is 1. The Kier molecular flexibility index (Phi) is 8.29. The number of rotatable bonds is 7. The van der Waals surface area contributed by atoms with Gasteiger partial charge in [-0.3, -0.25) is 9.69 Å². The highest BCUT2D eigenvalue weighted by molar-refractivity contribution is 6.32. The van der Waals surface area contributed by atoms with Gasteiger partial charge in [-0.05, 0) is 68.1 Å². The number of anilines is 1. The zero-order valence-electron chi connectivity index (χ0n) is 21.2. The van der Waals surface area contributed by atoms with Gasteiger partial charge in [-0.25, -0.2) is 14.4 Å². The molecule has 0 saturated carbocycles. The van der Waals surface area contributed by atoms with Gasteiger partial charge < -0.3 is 15.0 Å². The topological polar surface area (TPSA) is 78.4 Å². The lowest BCUT2D eigenvalue weighted by Gasteiger charge is -2.37. The number of amides is 1. The lowest BCUT2D eigenvalue weighted by Crippen LogP contribution is -2.47. The highest BCUT2D eigenvalue weighted by Crippen LogP contribution is 2.31. The first-order valence-electron chi connectivity index (χ1n) is 13.1. The Morgan fingerprint density at radius 2 is 1.71 bits per heavy atom. The maximum Gasteiger partial charge on any atom is 0.225 e. The molecule has 2 aliphatic rings. The van der Waals surface area contributed by atoms with Gasteiger partial charge in [0.1, 0.15) is 12.1 Å². The standard InChI is InChI=1S/C29H31ClFN5O2/c30-26-19-32-29(34-27(26)23-3-1-2-22(18-23)20-4-6-24(31)7-5-20)33-25-10-14-36(15-11-25)28(38)21-8-12-35(13-9-21)16-17-37/h1-7,17-19,21,25H,8-16H2,(H,32,33,34). The SMILES string of the molecule is O=CCN1CCC(C(=O)N2CCC(Nc3ncc(Cl)c(-c4cccc(-c5ccc(F)cc5)c4)n3)CC2)CC1. The number of carbonyl (C=O) groups is 2. The van der Waals surface area contributed by atoms with Gasteiger partial charge in [0.15, 0.2) is 0 Å². The Morgan fingerprint density at radius 3 is 2.42 bits per heavy atom. The molecule has 2 aromatic carbocycles. The van der Waals surface area contributed by atoms with Gasteiger partial charge in [0.25, 0.3) is 0 Å². The van der Waals surface area contributed by atoms with Crippen molar-refractivity contribution in [2.75, 3.05) is 38.0 Å². The predicted octanol–water partition coefficient (Wildman–Crippen LogP) is 4.92. The molecule has 7 nitrogen and oxygen atoms in total. The molecule has 3 heterocycles. The molecule has 2 fully saturated rings. The van der Waals surface area contributed by atoms with Crippen LogP contribution < -0.4 is 5.32 Å². The molecule has 0 unspecified atom stereocenters. The van der Waals surface area contributed by atoms with Crippen LogP contribution >= 0.6 is 11.6 Å². The molecule has 1 N–H and O–H groups in total. The summed E-state index contributed by atoms with van der Waals surface area (Å²) in [5.74, 6) is 0.519. The van der Waals surface area contributed by atoms with E-state index in [0.29, 0.717) is 36.3 Å². The van der Waals surface area contributed by atoms with Crippen molar-refractivity contribution in [2.24, 2.45) is 5.92 Å². The third kappa shape index (κ3) is 6.19. The summed E-state index contributed by atoms with van der Waals surface area (Å²) in [7, 11) is 0. The van der Waals surface area contributed by atoms with E-state index in [0.717, 1.165) is 61.7 Å². The van der Waals surface area contributed by atoms with E-state index in [4.69, 9.17) is 16.6 Å². The summed E-state index contributed by atoms with van der Waals surface area (Å²) in [6, 6.07) is 14.4. The summed E-state index contributed by atoms with van der Waals surface area (Å²) < 4.78 is 13.3. The van der Waals surface area contributed by atoms with Crippen LogP contribution in [-0.2, 0) is 9.59 Å². The second-order valence-corrected chi connectivity index (χ2v) is 10.4. The minimum Gasteiger partial charge on any atom is -0.351 e. The number of aromatic nitrogens is 2. The molecule has 0 aliphatic carbocycles. The second kappa shape index (κ2) is 12.0. The van der Waals surface area contributed by atoms with Gasteiger partial charge in [0.05, 0.1) is 23.5 Å². The third-order valence-electron chi connectivity index (χ3n) is 7.47. The van der Waals surface area contributed by atoms with E-state index in [1.165, 1.54) is 12.1 Å². The first-order valence-corrected chi connectivity index (χ1v) is 13.5. The monoisotopic (exact) mass is 535 g/mol. The number of aldehydes is 1. The summed E-state index contributed by atoms with van der Waals surface area (Å²) in [6.07, 6.45) is 5.79. The fourth-order valence-corrected chi connectivity index (χ4v) is 5.48. The largest absolute Gasteiger partial charge is 0.351 e. The maximum atomic E-state index is 13.3. The molecule has 5 rings (SSSR count). The smallest absolute Gasteiger partial charge is 0.225 e. The van der Waals surface area contributed by atoms with Crippen LogP contribution in [0.25, 0.3) is 22.4 Å².